The molecule has 2 aromatic carbocycles. The van der Waals surface area contributed by atoms with Gasteiger partial charge in [0.15, 0.2) is 0 Å². The first-order valence-corrected chi connectivity index (χ1v) is 21.0. The van der Waals surface area contributed by atoms with Gasteiger partial charge in [0.1, 0.15) is 29.6 Å². The molecule has 1 saturated heterocycles. The van der Waals surface area contributed by atoms with Gasteiger partial charge in [0.25, 0.3) is 0 Å². The van der Waals surface area contributed by atoms with Crippen molar-refractivity contribution in [1.29, 1.82) is 0 Å². The summed E-state index contributed by atoms with van der Waals surface area (Å²) in [6.07, 6.45) is 1.88. The number of carbonyl (C=O) groups excluding carboxylic acids is 1. The van der Waals surface area contributed by atoms with Crippen molar-refractivity contribution < 1.29 is 23.4 Å². The van der Waals surface area contributed by atoms with Crippen LogP contribution in [0.15, 0.2) is 48.7 Å². The Kier molecular flexibility index (Phi) is 10.3. The number of amides is 1. The number of fused-ring (bicyclic) bond motifs is 6. The zero-order chi connectivity index (χ0) is 34.8. The molecule has 1 amide bonds. The van der Waals surface area contributed by atoms with E-state index in [4.69, 9.17) is 24.3 Å². The molecule has 1 N–H and O–H groups in total. The van der Waals surface area contributed by atoms with Gasteiger partial charge < -0.3 is 29.3 Å². The third kappa shape index (κ3) is 8.42. The molecule has 10 nitrogen and oxygen atoms in total. The van der Waals surface area contributed by atoms with Gasteiger partial charge in [0.05, 0.1) is 36.1 Å². The first-order chi connectivity index (χ1) is 23.4. The van der Waals surface area contributed by atoms with E-state index in [1.54, 1.807) is 23.2 Å². The van der Waals surface area contributed by atoms with E-state index in [0.717, 1.165) is 65.6 Å². The number of hydrogen-bond acceptors (Lipinski definition) is 8. The number of ether oxygens (including phenoxy) is 3. The van der Waals surface area contributed by atoms with Crippen LogP contribution in [0.5, 0.6) is 5.75 Å². The Balaban J connectivity index is 1.50. The molecular formula is C37H49FN6O4Si. The summed E-state index contributed by atoms with van der Waals surface area (Å²) in [5.74, 6) is -0.0222. The summed E-state index contributed by atoms with van der Waals surface area (Å²) in [5, 5.41) is 9.35. The quantitative estimate of drug-likeness (QED) is 0.169. The number of aromatic nitrogens is 3. The number of pyridine rings is 1. The molecule has 2 aromatic heterocycles. The first kappa shape index (κ1) is 34.8. The van der Waals surface area contributed by atoms with E-state index >= 15 is 4.39 Å². The summed E-state index contributed by atoms with van der Waals surface area (Å²) in [6, 6.07) is 14.1. The highest BCUT2D eigenvalue weighted by atomic mass is 28.3. The minimum Gasteiger partial charge on any atom is -0.493 e. The van der Waals surface area contributed by atoms with E-state index in [9.17, 15) is 4.79 Å². The molecular weight excluding hydrogens is 640 g/mol. The highest BCUT2D eigenvalue weighted by Gasteiger charge is 2.26. The lowest BCUT2D eigenvalue weighted by atomic mass is 10.0. The smallest absolute Gasteiger partial charge is 0.410 e. The van der Waals surface area contributed by atoms with Crippen molar-refractivity contribution in [3.05, 3.63) is 60.0 Å². The summed E-state index contributed by atoms with van der Waals surface area (Å²) in [5.41, 5.74) is 4.59. The zero-order valence-electron chi connectivity index (χ0n) is 29.6. The van der Waals surface area contributed by atoms with Gasteiger partial charge in [-0.05, 0) is 69.1 Å². The highest BCUT2D eigenvalue weighted by molar-refractivity contribution is 6.76. The maximum absolute atomic E-state index is 15.6. The number of nitrogens with one attached hydrogen (secondary N) is 1. The Morgan fingerprint density at radius 1 is 1.08 bits per heavy atom. The normalized spacial score (nSPS) is 15.8. The SMILES string of the molecule is CC(C)(C)OC(=O)N1CCCOc2cccc(F)c2-c2cc3c(nn(COCC[Si](C)(C)C)c3cn2)-c2ccc(N3CCNCC3)c(c2)C1. The fraction of sp³-hybridized carbons (Fsp3) is 0.486. The topological polar surface area (TPSA) is 94.0 Å². The van der Waals surface area contributed by atoms with Crippen LogP contribution in [-0.2, 0) is 22.7 Å². The predicted molar refractivity (Wildman–Crippen MR) is 194 cm³/mol. The second kappa shape index (κ2) is 14.5. The number of anilines is 1. The van der Waals surface area contributed by atoms with Crippen LogP contribution in [-0.4, -0.2) is 85.4 Å². The molecule has 4 bridgehead atoms. The number of nitrogens with zero attached hydrogens (tertiary/aromatic N) is 5. The predicted octanol–water partition coefficient (Wildman–Crippen LogP) is 7.15. The minimum absolute atomic E-state index is 0.272. The van der Waals surface area contributed by atoms with Crippen molar-refractivity contribution in [2.75, 3.05) is 50.8 Å². The molecule has 6 rings (SSSR count). The average molecular weight is 689 g/mol. The molecule has 12 heteroatoms. The minimum atomic E-state index is -1.28. The fourth-order valence-electron chi connectivity index (χ4n) is 6.20. The van der Waals surface area contributed by atoms with Gasteiger partial charge in [-0.3, -0.25) is 4.98 Å². The van der Waals surface area contributed by atoms with Crippen molar-refractivity contribution in [2.45, 2.75) is 71.8 Å². The van der Waals surface area contributed by atoms with Gasteiger partial charge in [0.2, 0.25) is 0 Å². The Hall–Kier alpha value is -4.00. The number of carbonyl (C=O) groups is 1. The number of halogens is 1. The van der Waals surface area contributed by atoms with Crippen molar-refractivity contribution in [2.24, 2.45) is 0 Å². The molecule has 262 valence electrons. The van der Waals surface area contributed by atoms with Crippen LogP contribution < -0.4 is 15.0 Å². The molecule has 4 aromatic rings. The largest absolute Gasteiger partial charge is 0.493 e. The first-order valence-electron chi connectivity index (χ1n) is 17.3. The highest BCUT2D eigenvalue weighted by Crippen LogP contribution is 2.37. The maximum atomic E-state index is 15.6. The molecule has 0 unspecified atom stereocenters. The molecule has 0 spiro atoms. The molecule has 1 fully saturated rings. The Bertz CT molecular complexity index is 1790. The average Bonchev–Trinajstić information content (AvgIpc) is 3.41. The van der Waals surface area contributed by atoms with Gasteiger partial charge in [0, 0.05) is 64.0 Å². The summed E-state index contributed by atoms with van der Waals surface area (Å²) in [6.45, 7) is 18.0. The van der Waals surface area contributed by atoms with Gasteiger partial charge in [-0.15, -0.1) is 0 Å². The monoisotopic (exact) mass is 688 g/mol. The van der Waals surface area contributed by atoms with Gasteiger partial charge in [-0.1, -0.05) is 31.8 Å². The van der Waals surface area contributed by atoms with Gasteiger partial charge in [-0.25, -0.2) is 13.9 Å². The van der Waals surface area contributed by atoms with Crippen LogP contribution >= 0.6 is 0 Å². The molecule has 49 heavy (non-hydrogen) atoms. The molecule has 4 heterocycles. The molecule has 0 atom stereocenters. The van der Waals surface area contributed by atoms with Crippen LogP contribution in [0.25, 0.3) is 33.4 Å². The van der Waals surface area contributed by atoms with Crippen molar-refractivity contribution in [3.8, 4) is 28.3 Å². The Morgan fingerprint density at radius 3 is 2.63 bits per heavy atom. The van der Waals surface area contributed by atoms with Crippen LogP contribution in [0, 0.1) is 5.82 Å². The zero-order valence-corrected chi connectivity index (χ0v) is 30.6. The summed E-state index contributed by atoms with van der Waals surface area (Å²) >= 11 is 0. The number of hydrogen-bond donors (Lipinski definition) is 1. The van der Waals surface area contributed by atoms with E-state index < -0.39 is 25.6 Å². The van der Waals surface area contributed by atoms with E-state index in [1.807, 2.05) is 31.5 Å². The Morgan fingerprint density at radius 2 is 1.88 bits per heavy atom. The summed E-state index contributed by atoms with van der Waals surface area (Å²) in [7, 11) is -1.28. The van der Waals surface area contributed by atoms with Gasteiger partial charge in [-0.2, -0.15) is 5.10 Å². The molecule has 0 radical (unpaired) electrons. The maximum Gasteiger partial charge on any atom is 0.410 e. The molecule has 2 aliphatic heterocycles. The van der Waals surface area contributed by atoms with Crippen molar-refractivity contribution in [3.63, 3.8) is 0 Å². The van der Waals surface area contributed by atoms with Crippen LogP contribution in [0.3, 0.4) is 0 Å². The number of rotatable bonds is 6. The molecule has 0 aliphatic carbocycles. The molecule has 0 saturated carbocycles. The van der Waals surface area contributed by atoms with Crippen LogP contribution in [0.4, 0.5) is 14.9 Å². The van der Waals surface area contributed by atoms with E-state index in [2.05, 4.69) is 48.1 Å². The standard InChI is InChI=1S/C37H49FN6O4Si/c1-37(2,3)48-36(45)43-15-8-18-47-33-10-7-9-29(38)34(33)30-22-28-32(23-40-30)44(25-46-19-20-49(4,5)6)41-35(28)26-11-12-31(27(21-26)24-43)42-16-13-39-14-17-42/h7,9-12,21-23,39H,8,13-20,24-25H2,1-6H3. The van der Waals surface area contributed by atoms with E-state index in [0.29, 0.717) is 43.1 Å². The fourth-order valence-corrected chi connectivity index (χ4v) is 6.96. The Labute approximate surface area is 289 Å². The van der Waals surface area contributed by atoms with Crippen molar-refractivity contribution >= 4 is 30.8 Å². The lowest BCUT2D eigenvalue weighted by Gasteiger charge is -2.33. The second-order valence-corrected chi connectivity index (χ2v) is 20.7. The molecule has 2 aliphatic rings. The van der Waals surface area contributed by atoms with Gasteiger partial charge >= 0.3 is 6.09 Å². The summed E-state index contributed by atoms with van der Waals surface area (Å²) in [4.78, 5) is 22.5. The third-order valence-electron chi connectivity index (χ3n) is 8.73. The lowest BCUT2D eigenvalue weighted by molar-refractivity contribution is 0.0225. The lowest BCUT2D eigenvalue weighted by Crippen LogP contribution is -2.44. The number of piperazine rings is 1. The van der Waals surface area contributed by atoms with Crippen LogP contribution in [0.2, 0.25) is 25.7 Å². The van der Waals surface area contributed by atoms with E-state index in [-0.39, 0.29) is 13.3 Å². The number of benzene rings is 2. The van der Waals surface area contributed by atoms with Crippen LogP contribution in [0.1, 0.15) is 32.8 Å². The van der Waals surface area contributed by atoms with E-state index in [1.165, 1.54) is 6.07 Å². The summed E-state index contributed by atoms with van der Waals surface area (Å²) < 4.78 is 35.6. The third-order valence-corrected chi connectivity index (χ3v) is 10.4. The van der Waals surface area contributed by atoms with Crippen molar-refractivity contribution in [1.82, 2.24) is 25.0 Å². The second-order valence-electron chi connectivity index (χ2n) is 15.1.